The lowest BCUT2D eigenvalue weighted by Crippen LogP contribution is -2.42. The first kappa shape index (κ1) is 16.5. The fourth-order valence-corrected chi connectivity index (χ4v) is 3.06. The molecule has 2 N–H and O–H groups in total. The van der Waals surface area contributed by atoms with E-state index in [1.807, 2.05) is 31.2 Å². The van der Waals surface area contributed by atoms with Crippen molar-refractivity contribution in [2.24, 2.45) is 5.41 Å². The Kier molecular flexibility index (Phi) is 5.58. The first-order chi connectivity index (χ1) is 10.5. The normalized spacial score (nSPS) is 15.7. The molecule has 22 heavy (non-hydrogen) atoms. The maximum absolute atomic E-state index is 11.9. The van der Waals surface area contributed by atoms with Crippen molar-refractivity contribution in [2.75, 3.05) is 11.9 Å². The Morgan fingerprint density at radius 2 is 1.82 bits per heavy atom. The zero-order valence-electron chi connectivity index (χ0n) is 13.6. The van der Waals surface area contributed by atoms with Crippen LogP contribution < -0.4 is 10.6 Å². The third-order valence-corrected chi connectivity index (χ3v) is 4.51. The van der Waals surface area contributed by atoms with Crippen molar-refractivity contribution in [3.05, 3.63) is 29.8 Å². The van der Waals surface area contributed by atoms with Gasteiger partial charge in [-0.2, -0.15) is 0 Å². The molecule has 120 valence electrons. The Bertz CT molecular complexity index is 518. The molecule has 0 saturated heterocycles. The monoisotopic (exact) mass is 302 g/mol. The molecule has 2 amide bonds. The highest BCUT2D eigenvalue weighted by Gasteiger charge is 2.36. The van der Waals surface area contributed by atoms with Crippen molar-refractivity contribution >= 4 is 17.5 Å². The van der Waals surface area contributed by atoms with Crippen molar-refractivity contribution in [3.8, 4) is 0 Å². The predicted octanol–water partition coefficient (Wildman–Crippen LogP) is 3.41. The van der Waals surface area contributed by atoms with Crippen LogP contribution in [0.25, 0.3) is 0 Å². The third kappa shape index (κ3) is 4.58. The molecule has 0 unspecified atom stereocenters. The zero-order valence-corrected chi connectivity index (χ0v) is 13.6. The summed E-state index contributed by atoms with van der Waals surface area (Å²) in [5, 5.41) is 5.69. The predicted molar refractivity (Wildman–Crippen MR) is 88.6 cm³/mol. The number of carbonyl (C=O) groups excluding carboxylic acids is 2. The van der Waals surface area contributed by atoms with Crippen LogP contribution >= 0.6 is 0 Å². The van der Waals surface area contributed by atoms with E-state index in [2.05, 4.69) is 17.6 Å². The number of nitrogens with one attached hydrogen (secondary N) is 2. The van der Waals surface area contributed by atoms with Gasteiger partial charge in [-0.25, -0.2) is 0 Å². The molecular formula is C18H26N2O2. The quantitative estimate of drug-likeness (QED) is 0.758. The van der Waals surface area contributed by atoms with Crippen LogP contribution in [-0.2, 0) is 9.59 Å². The molecule has 1 fully saturated rings. The van der Waals surface area contributed by atoms with Crippen LogP contribution in [0.2, 0.25) is 0 Å². The van der Waals surface area contributed by atoms with Gasteiger partial charge in [0.15, 0.2) is 0 Å². The van der Waals surface area contributed by atoms with Crippen LogP contribution in [-0.4, -0.2) is 18.4 Å². The standard InChI is InChI=1S/C18H26N2O2/c1-3-9-18(10-4-11-18)13-19-16(21)12-17(22)20-15-7-5-14(2)6-8-15/h5-8H,3-4,9-13H2,1-2H3,(H,19,21)(H,20,22). The highest BCUT2D eigenvalue weighted by atomic mass is 16.2. The summed E-state index contributed by atoms with van der Waals surface area (Å²) in [6, 6.07) is 7.55. The first-order valence-corrected chi connectivity index (χ1v) is 8.16. The van der Waals surface area contributed by atoms with Gasteiger partial charge in [0.25, 0.3) is 0 Å². The van der Waals surface area contributed by atoms with E-state index in [0.29, 0.717) is 6.54 Å². The molecule has 0 bridgehead atoms. The first-order valence-electron chi connectivity index (χ1n) is 8.16. The molecule has 1 saturated carbocycles. The SMILES string of the molecule is CCCC1(CNC(=O)CC(=O)Nc2ccc(C)cc2)CCC1. The van der Waals surface area contributed by atoms with E-state index in [9.17, 15) is 9.59 Å². The van der Waals surface area contributed by atoms with E-state index in [4.69, 9.17) is 0 Å². The van der Waals surface area contributed by atoms with Gasteiger partial charge in [0.1, 0.15) is 6.42 Å². The number of benzene rings is 1. The fourth-order valence-electron chi connectivity index (χ4n) is 3.06. The molecule has 2 rings (SSSR count). The van der Waals surface area contributed by atoms with Crippen molar-refractivity contribution in [2.45, 2.75) is 52.4 Å². The molecule has 0 radical (unpaired) electrons. The lowest BCUT2D eigenvalue weighted by Gasteiger charge is -2.42. The van der Waals surface area contributed by atoms with Crippen LogP contribution in [0.4, 0.5) is 5.69 Å². The molecule has 1 aliphatic rings. The molecule has 1 aliphatic carbocycles. The minimum absolute atomic E-state index is 0.115. The highest BCUT2D eigenvalue weighted by molar-refractivity contribution is 6.03. The van der Waals surface area contributed by atoms with Crippen LogP contribution in [0, 0.1) is 12.3 Å². The van der Waals surface area contributed by atoms with Crippen molar-refractivity contribution in [1.82, 2.24) is 5.32 Å². The van der Waals surface area contributed by atoms with E-state index in [1.165, 1.54) is 19.3 Å². The van der Waals surface area contributed by atoms with Crippen LogP contribution in [0.1, 0.15) is 51.0 Å². The number of rotatable bonds is 7. The minimum atomic E-state index is -0.264. The van der Waals surface area contributed by atoms with Gasteiger partial charge in [0, 0.05) is 12.2 Å². The van der Waals surface area contributed by atoms with Crippen LogP contribution in [0.3, 0.4) is 0 Å². The summed E-state index contributed by atoms with van der Waals surface area (Å²) in [4.78, 5) is 23.8. The van der Waals surface area contributed by atoms with Gasteiger partial charge < -0.3 is 10.6 Å². The summed E-state index contributed by atoms with van der Waals surface area (Å²) in [6.07, 6.45) is 5.82. The molecule has 4 heteroatoms. The topological polar surface area (TPSA) is 58.2 Å². The smallest absolute Gasteiger partial charge is 0.233 e. The Balaban J connectivity index is 1.74. The summed E-state index contributed by atoms with van der Waals surface area (Å²) in [5.41, 5.74) is 2.15. The van der Waals surface area contributed by atoms with Gasteiger partial charge in [0.2, 0.25) is 11.8 Å². The molecule has 0 aliphatic heterocycles. The van der Waals surface area contributed by atoms with E-state index in [0.717, 1.165) is 24.1 Å². The van der Waals surface area contributed by atoms with Crippen molar-refractivity contribution < 1.29 is 9.59 Å². The van der Waals surface area contributed by atoms with Gasteiger partial charge in [0.05, 0.1) is 0 Å². The third-order valence-electron chi connectivity index (χ3n) is 4.51. The molecule has 0 aromatic heterocycles. The van der Waals surface area contributed by atoms with E-state index in [-0.39, 0.29) is 23.7 Å². The van der Waals surface area contributed by atoms with Crippen molar-refractivity contribution in [1.29, 1.82) is 0 Å². The van der Waals surface area contributed by atoms with Gasteiger partial charge in [-0.05, 0) is 43.7 Å². The Labute approximate surface area is 132 Å². The summed E-state index contributed by atoms with van der Waals surface area (Å²) >= 11 is 0. The summed E-state index contributed by atoms with van der Waals surface area (Å²) in [5.74, 6) is -0.452. The minimum Gasteiger partial charge on any atom is -0.355 e. The largest absolute Gasteiger partial charge is 0.355 e. The summed E-state index contributed by atoms with van der Waals surface area (Å²) in [6.45, 7) is 4.88. The second-order valence-corrected chi connectivity index (χ2v) is 6.47. The molecule has 1 aromatic rings. The Hall–Kier alpha value is -1.84. The fraction of sp³-hybridized carbons (Fsp3) is 0.556. The molecule has 0 heterocycles. The van der Waals surface area contributed by atoms with Gasteiger partial charge in [-0.15, -0.1) is 0 Å². The molecule has 1 aromatic carbocycles. The Morgan fingerprint density at radius 3 is 2.36 bits per heavy atom. The lowest BCUT2D eigenvalue weighted by atomic mass is 9.66. The average molecular weight is 302 g/mol. The van der Waals surface area contributed by atoms with E-state index < -0.39 is 0 Å². The number of aryl methyl sites for hydroxylation is 1. The van der Waals surface area contributed by atoms with E-state index >= 15 is 0 Å². The summed E-state index contributed by atoms with van der Waals surface area (Å²) in [7, 11) is 0. The summed E-state index contributed by atoms with van der Waals surface area (Å²) < 4.78 is 0. The maximum atomic E-state index is 11.9. The molecular weight excluding hydrogens is 276 g/mol. The highest BCUT2D eigenvalue weighted by Crippen LogP contribution is 2.44. The number of hydrogen-bond acceptors (Lipinski definition) is 2. The van der Waals surface area contributed by atoms with Gasteiger partial charge in [-0.1, -0.05) is 37.5 Å². The Morgan fingerprint density at radius 1 is 1.14 bits per heavy atom. The number of anilines is 1. The van der Waals surface area contributed by atoms with Gasteiger partial charge >= 0.3 is 0 Å². The number of carbonyl (C=O) groups is 2. The number of hydrogen-bond donors (Lipinski definition) is 2. The van der Waals surface area contributed by atoms with E-state index in [1.54, 1.807) is 0 Å². The van der Waals surface area contributed by atoms with Crippen LogP contribution in [0.15, 0.2) is 24.3 Å². The van der Waals surface area contributed by atoms with Crippen molar-refractivity contribution in [3.63, 3.8) is 0 Å². The lowest BCUT2D eigenvalue weighted by molar-refractivity contribution is -0.127. The second kappa shape index (κ2) is 7.43. The number of amides is 2. The second-order valence-electron chi connectivity index (χ2n) is 6.47. The maximum Gasteiger partial charge on any atom is 0.233 e. The molecule has 4 nitrogen and oxygen atoms in total. The molecule has 0 spiro atoms. The average Bonchev–Trinajstić information content (AvgIpc) is 2.44. The molecule has 0 atom stereocenters. The van der Waals surface area contributed by atoms with Crippen LogP contribution in [0.5, 0.6) is 0 Å². The zero-order chi connectivity index (χ0) is 16.0. The van der Waals surface area contributed by atoms with Gasteiger partial charge in [-0.3, -0.25) is 9.59 Å².